The second kappa shape index (κ2) is 9.51. The van der Waals surface area contributed by atoms with Gasteiger partial charge in [0, 0.05) is 0 Å². The Hall–Kier alpha value is -0.770. The maximum Gasteiger partial charge on any atom is 0.0689 e. The maximum atomic E-state index is 9.71. The molecule has 0 atom stereocenters. The van der Waals surface area contributed by atoms with Crippen molar-refractivity contribution in [3.8, 4) is 6.07 Å². The van der Waals surface area contributed by atoms with Gasteiger partial charge >= 0.3 is 0 Å². The van der Waals surface area contributed by atoms with Gasteiger partial charge in [0.05, 0.1) is 11.5 Å². The highest BCUT2D eigenvalue weighted by Gasteiger charge is 2.38. The lowest BCUT2D eigenvalue weighted by Crippen LogP contribution is -2.31. The van der Waals surface area contributed by atoms with Crippen LogP contribution in [0.3, 0.4) is 0 Å². The first-order valence-electron chi connectivity index (χ1n) is 10.3. The van der Waals surface area contributed by atoms with Crippen LogP contribution in [0.4, 0.5) is 0 Å². The topological polar surface area (TPSA) is 23.8 Å². The molecule has 0 spiro atoms. The van der Waals surface area contributed by atoms with E-state index in [1.165, 1.54) is 51.4 Å². The minimum atomic E-state index is -0.00596. The standard InChI is InChI=1S/C22H37N/c1-3-5-6-7-15-22(18-23)16-13-21(14-17-22)20-11-9-19(8-4-2)10-12-20/h5-6,19-21H,3-4,7-17H2,1-2H3/b6-5-. The molecule has 0 aromatic rings. The summed E-state index contributed by atoms with van der Waals surface area (Å²) in [5.41, 5.74) is -0.00596. The van der Waals surface area contributed by atoms with Crippen LogP contribution in [-0.2, 0) is 0 Å². The number of hydrogen-bond acceptors (Lipinski definition) is 1. The summed E-state index contributed by atoms with van der Waals surface area (Å²) >= 11 is 0. The molecule has 2 aliphatic carbocycles. The summed E-state index contributed by atoms with van der Waals surface area (Å²) in [5.74, 6) is 2.91. The Morgan fingerprint density at radius 2 is 1.61 bits per heavy atom. The Morgan fingerprint density at radius 3 is 2.17 bits per heavy atom. The molecule has 0 heterocycles. The van der Waals surface area contributed by atoms with Crippen molar-refractivity contribution in [1.82, 2.24) is 0 Å². The molecule has 2 saturated carbocycles. The van der Waals surface area contributed by atoms with Gasteiger partial charge in [0.2, 0.25) is 0 Å². The van der Waals surface area contributed by atoms with E-state index in [9.17, 15) is 5.26 Å². The zero-order chi connectivity index (χ0) is 16.5. The zero-order valence-electron chi connectivity index (χ0n) is 15.5. The smallest absolute Gasteiger partial charge is 0.0689 e. The van der Waals surface area contributed by atoms with E-state index in [-0.39, 0.29) is 5.41 Å². The Bertz CT molecular complexity index is 387. The molecule has 0 radical (unpaired) electrons. The normalized spacial score (nSPS) is 35.3. The van der Waals surface area contributed by atoms with Crippen molar-refractivity contribution in [3.63, 3.8) is 0 Å². The van der Waals surface area contributed by atoms with E-state index in [0.29, 0.717) is 0 Å². The summed E-state index contributed by atoms with van der Waals surface area (Å²) in [6.07, 6.45) is 21.4. The molecule has 0 aromatic carbocycles. The largest absolute Gasteiger partial charge is 0.198 e. The number of rotatable bonds is 7. The molecule has 0 bridgehead atoms. The van der Waals surface area contributed by atoms with Gasteiger partial charge in [0.15, 0.2) is 0 Å². The molecule has 0 aliphatic heterocycles. The summed E-state index contributed by atoms with van der Waals surface area (Å²) in [4.78, 5) is 0. The van der Waals surface area contributed by atoms with E-state index in [2.05, 4.69) is 32.1 Å². The average Bonchev–Trinajstić information content (AvgIpc) is 2.60. The lowest BCUT2D eigenvalue weighted by molar-refractivity contribution is 0.117. The van der Waals surface area contributed by atoms with Crippen molar-refractivity contribution >= 4 is 0 Å². The molecule has 1 nitrogen and oxygen atoms in total. The number of nitrogens with zero attached hydrogens (tertiary/aromatic N) is 1. The molecule has 0 aromatic heterocycles. The first-order chi connectivity index (χ1) is 11.2. The minimum absolute atomic E-state index is 0.00596. The summed E-state index contributed by atoms with van der Waals surface area (Å²) in [7, 11) is 0. The Balaban J connectivity index is 1.76. The van der Waals surface area contributed by atoms with Crippen LogP contribution >= 0.6 is 0 Å². The highest BCUT2D eigenvalue weighted by atomic mass is 14.4. The van der Waals surface area contributed by atoms with Crippen molar-refractivity contribution in [3.05, 3.63) is 12.2 Å². The van der Waals surface area contributed by atoms with Crippen LogP contribution in [-0.4, -0.2) is 0 Å². The van der Waals surface area contributed by atoms with E-state index in [0.717, 1.165) is 49.9 Å². The Labute approximate surface area is 144 Å². The summed E-state index contributed by atoms with van der Waals surface area (Å²) in [6.45, 7) is 4.50. The maximum absolute atomic E-state index is 9.71. The molecular formula is C22H37N. The molecule has 130 valence electrons. The summed E-state index contributed by atoms with van der Waals surface area (Å²) in [6, 6.07) is 2.71. The molecule has 1 heteroatoms. The first-order valence-corrected chi connectivity index (χ1v) is 10.3. The highest BCUT2D eigenvalue weighted by Crippen LogP contribution is 2.47. The summed E-state index contributed by atoms with van der Waals surface area (Å²) in [5, 5.41) is 9.71. The molecule has 0 unspecified atom stereocenters. The van der Waals surface area contributed by atoms with Gasteiger partial charge < -0.3 is 0 Å². The van der Waals surface area contributed by atoms with Gasteiger partial charge in [-0.1, -0.05) is 51.7 Å². The molecular weight excluding hydrogens is 278 g/mol. The van der Waals surface area contributed by atoms with Crippen molar-refractivity contribution in [1.29, 1.82) is 5.26 Å². The van der Waals surface area contributed by atoms with E-state index in [4.69, 9.17) is 0 Å². The van der Waals surface area contributed by atoms with Crippen LogP contribution in [0.5, 0.6) is 0 Å². The van der Waals surface area contributed by atoms with Crippen molar-refractivity contribution in [2.45, 2.75) is 97.3 Å². The first kappa shape index (κ1) is 18.6. The Kier molecular flexibility index (Phi) is 7.68. The van der Waals surface area contributed by atoms with Gasteiger partial charge in [-0.3, -0.25) is 0 Å². The van der Waals surface area contributed by atoms with Crippen LogP contribution in [0.15, 0.2) is 12.2 Å². The van der Waals surface area contributed by atoms with Gasteiger partial charge in [-0.15, -0.1) is 0 Å². The van der Waals surface area contributed by atoms with Crippen LogP contribution < -0.4 is 0 Å². The van der Waals surface area contributed by atoms with E-state index in [1.54, 1.807) is 0 Å². The van der Waals surface area contributed by atoms with Crippen LogP contribution in [0.25, 0.3) is 0 Å². The lowest BCUT2D eigenvalue weighted by atomic mass is 9.63. The van der Waals surface area contributed by atoms with Crippen LogP contribution in [0, 0.1) is 34.5 Å². The monoisotopic (exact) mass is 315 g/mol. The van der Waals surface area contributed by atoms with Crippen LogP contribution in [0.2, 0.25) is 0 Å². The zero-order valence-corrected chi connectivity index (χ0v) is 15.5. The predicted octanol–water partition coefficient (Wildman–Crippen LogP) is 7.04. The molecule has 0 amide bonds. The fourth-order valence-electron chi connectivity index (χ4n) is 5.08. The number of hydrogen-bond donors (Lipinski definition) is 0. The molecule has 23 heavy (non-hydrogen) atoms. The second-order valence-electron chi connectivity index (χ2n) is 8.22. The summed E-state index contributed by atoms with van der Waals surface area (Å²) < 4.78 is 0. The fourth-order valence-corrected chi connectivity index (χ4v) is 5.08. The molecule has 0 saturated heterocycles. The SMILES string of the molecule is CC/C=C\CCC1(C#N)CCC(C2CCC(CCC)CC2)CC1. The van der Waals surface area contributed by atoms with E-state index < -0.39 is 0 Å². The number of nitriles is 1. The molecule has 2 rings (SSSR count). The quantitative estimate of drug-likeness (QED) is 0.462. The fraction of sp³-hybridized carbons (Fsp3) is 0.864. The third-order valence-corrected chi connectivity index (χ3v) is 6.67. The van der Waals surface area contributed by atoms with Gasteiger partial charge in [-0.2, -0.15) is 5.26 Å². The van der Waals surface area contributed by atoms with E-state index in [1.807, 2.05) is 0 Å². The second-order valence-corrected chi connectivity index (χ2v) is 8.22. The van der Waals surface area contributed by atoms with Gasteiger partial charge in [0.25, 0.3) is 0 Å². The third-order valence-electron chi connectivity index (χ3n) is 6.67. The van der Waals surface area contributed by atoms with Gasteiger partial charge in [-0.25, -0.2) is 0 Å². The minimum Gasteiger partial charge on any atom is -0.198 e. The highest BCUT2D eigenvalue weighted by molar-refractivity contribution is 5.03. The average molecular weight is 316 g/mol. The van der Waals surface area contributed by atoms with Crippen molar-refractivity contribution in [2.24, 2.45) is 23.2 Å². The molecule has 2 fully saturated rings. The van der Waals surface area contributed by atoms with Gasteiger partial charge in [0.1, 0.15) is 0 Å². The number of allylic oxidation sites excluding steroid dienone is 2. The van der Waals surface area contributed by atoms with Crippen molar-refractivity contribution in [2.75, 3.05) is 0 Å². The molecule has 2 aliphatic rings. The van der Waals surface area contributed by atoms with Gasteiger partial charge in [-0.05, 0) is 75.5 Å². The van der Waals surface area contributed by atoms with Crippen molar-refractivity contribution < 1.29 is 0 Å². The molecule has 0 N–H and O–H groups in total. The van der Waals surface area contributed by atoms with E-state index >= 15 is 0 Å². The predicted molar refractivity (Wildman–Crippen MR) is 99.0 cm³/mol. The Morgan fingerprint density at radius 1 is 0.957 bits per heavy atom. The van der Waals surface area contributed by atoms with Crippen LogP contribution in [0.1, 0.15) is 97.3 Å². The lowest BCUT2D eigenvalue weighted by Gasteiger charge is -2.40. The third kappa shape index (κ3) is 5.37.